The van der Waals surface area contributed by atoms with E-state index in [9.17, 15) is 13.2 Å². The van der Waals surface area contributed by atoms with Crippen molar-refractivity contribution in [3.05, 3.63) is 60.2 Å². The highest BCUT2D eigenvalue weighted by Crippen LogP contribution is 2.28. The van der Waals surface area contributed by atoms with Crippen LogP contribution in [0.1, 0.15) is 5.56 Å². The van der Waals surface area contributed by atoms with Gasteiger partial charge in [0.25, 0.3) is 0 Å². The molecule has 0 fully saturated rings. The van der Waals surface area contributed by atoms with Crippen LogP contribution in [0.2, 0.25) is 0 Å². The maximum Gasteiger partial charge on any atom is 0.416 e. The van der Waals surface area contributed by atoms with Crippen LogP contribution in [0.4, 0.5) is 13.2 Å². The van der Waals surface area contributed by atoms with Crippen molar-refractivity contribution >= 4 is 0 Å². The molecule has 2 aromatic carbocycles. The molecule has 0 aliphatic rings. The molecule has 96 valence electrons. The van der Waals surface area contributed by atoms with Gasteiger partial charge in [0.2, 0.25) is 0 Å². The summed E-state index contributed by atoms with van der Waals surface area (Å²) < 4.78 is 35.4. The third-order valence-corrected chi connectivity index (χ3v) is 1.95. The fraction of sp³-hybridized carbons (Fsp3) is 0.0769. The number of phenolic OH excluding ortho intramolecular Hbond substituents is 2. The molecule has 0 atom stereocenters. The van der Waals surface area contributed by atoms with Crippen molar-refractivity contribution in [1.29, 1.82) is 0 Å². The molecule has 0 aromatic heterocycles. The van der Waals surface area contributed by atoms with Crippen LogP contribution < -0.4 is 0 Å². The average Bonchev–Trinajstić information content (AvgIpc) is 2.34. The van der Waals surface area contributed by atoms with Gasteiger partial charge in [-0.05, 0) is 24.3 Å². The number of alkyl halides is 3. The lowest BCUT2D eigenvalue weighted by Crippen LogP contribution is -2.03. The summed E-state index contributed by atoms with van der Waals surface area (Å²) in [5.41, 5.74) is -0.602. The minimum Gasteiger partial charge on any atom is -0.508 e. The lowest BCUT2D eigenvalue weighted by atomic mass is 10.2. The average molecular weight is 256 g/mol. The highest BCUT2D eigenvalue weighted by Gasteiger charge is 2.29. The van der Waals surface area contributed by atoms with Crippen molar-refractivity contribution in [2.24, 2.45) is 0 Å². The Kier molecular flexibility index (Phi) is 4.59. The molecule has 2 nitrogen and oxygen atoms in total. The molecular formula is C13H11F3O2. The Balaban J connectivity index is 0.000000184. The lowest BCUT2D eigenvalue weighted by molar-refractivity contribution is -0.137. The van der Waals surface area contributed by atoms with Gasteiger partial charge in [0.15, 0.2) is 0 Å². The van der Waals surface area contributed by atoms with Crippen LogP contribution in [-0.4, -0.2) is 10.2 Å². The number of benzene rings is 2. The first kappa shape index (κ1) is 13.9. The van der Waals surface area contributed by atoms with Crippen molar-refractivity contribution < 1.29 is 23.4 Å². The zero-order valence-electron chi connectivity index (χ0n) is 9.22. The van der Waals surface area contributed by atoms with E-state index in [0.717, 1.165) is 12.1 Å². The predicted octanol–water partition coefficient (Wildman–Crippen LogP) is 3.80. The fourth-order valence-corrected chi connectivity index (χ4v) is 1.08. The minimum absolute atomic E-state index is 0.169. The summed E-state index contributed by atoms with van der Waals surface area (Å²) in [6.07, 6.45) is -4.21. The van der Waals surface area contributed by atoms with E-state index in [1.54, 1.807) is 6.07 Å². The SMILES string of the molecule is FC(F)(F)c1ccccc1.Oc1ccc(O)cc1. The molecule has 0 amide bonds. The zero-order chi connectivity index (χ0) is 13.6. The van der Waals surface area contributed by atoms with Gasteiger partial charge in [-0.2, -0.15) is 13.2 Å². The van der Waals surface area contributed by atoms with Crippen LogP contribution in [-0.2, 0) is 6.18 Å². The van der Waals surface area contributed by atoms with E-state index < -0.39 is 11.7 Å². The van der Waals surface area contributed by atoms with E-state index in [0.29, 0.717) is 0 Å². The number of halogens is 3. The second-order valence-corrected chi connectivity index (χ2v) is 3.38. The van der Waals surface area contributed by atoms with E-state index in [2.05, 4.69) is 0 Å². The van der Waals surface area contributed by atoms with E-state index >= 15 is 0 Å². The molecule has 0 unspecified atom stereocenters. The lowest BCUT2D eigenvalue weighted by Gasteiger charge is -2.03. The fourth-order valence-electron chi connectivity index (χ4n) is 1.08. The van der Waals surface area contributed by atoms with Gasteiger partial charge in [0.1, 0.15) is 11.5 Å². The number of hydrogen-bond donors (Lipinski definition) is 2. The summed E-state index contributed by atoms with van der Waals surface area (Å²) in [6.45, 7) is 0. The number of rotatable bonds is 0. The Morgan fingerprint density at radius 1 is 0.667 bits per heavy atom. The van der Waals surface area contributed by atoms with Crippen molar-refractivity contribution in [2.45, 2.75) is 6.18 Å². The van der Waals surface area contributed by atoms with Crippen LogP contribution in [0.25, 0.3) is 0 Å². The molecule has 0 saturated carbocycles. The number of phenols is 2. The van der Waals surface area contributed by atoms with Crippen LogP contribution in [0.5, 0.6) is 11.5 Å². The molecule has 0 heterocycles. The Hall–Kier alpha value is -2.17. The van der Waals surface area contributed by atoms with Crippen LogP contribution >= 0.6 is 0 Å². The van der Waals surface area contributed by atoms with Gasteiger partial charge >= 0.3 is 6.18 Å². The third-order valence-electron chi connectivity index (χ3n) is 1.95. The summed E-state index contributed by atoms with van der Waals surface area (Å²) in [5.74, 6) is 0.339. The smallest absolute Gasteiger partial charge is 0.416 e. The van der Waals surface area contributed by atoms with Gasteiger partial charge in [-0.25, -0.2) is 0 Å². The third kappa shape index (κ3) is 4.78. The Morgan fingerprint density at radius 3 is 1.33 bits per heavy atom. The van der Waals surface area contributed by atoms with E-state index in [1.165, 1.54) is 36.4 Å². The highest BCUT2D eigenvalue weighted by atomic mass is 19.4. The molecule has 0 aliphatic heterocycles. The molecule has 2 rings (SSSR count). The molecule has 5 heteroatoms. The van der Waals surface area contributed by atoms with Crippen LogP contribution in [0, 0.1) is 0 Å². The minimum atomic E-state index is -4.21. The number of hydrogen-bond acceptors (Lipinski definition) is 2. The molecule has 18 heavy (non-hydrogen) atoms. The molecule has 0 aliphatic carbocycles. The van der Waals surface area contributed by atoms with Crippen LogP contribution in [0.15, 0.2) is 54.6 Å². The zero-order valence-corrected chi connectivity index (χ0v) is 9.22. The Bertz CT molecular complexity index is 443. The summed E-state index contributed by atoms with van der Waals surface area (Å²) >= 11 is 0. The van der Waals surface area contributed by atoms with Gasteiger partial charge in [0, 0.05) is 0 Å². The second-order valence-electron chi connectivity index (χ2n) is 3.38. The van der Waals surface area contributed by atoms with Crippen molar-refractivity contribution in [1.82, 2.24) is 0 Å². The van der Waals surface area contributed by atoms with Crippen LogP contribution in [0.3, 0.4) is 0 Å². The molecule has 0 bridgehead atoms. The summed E-state index contributed by atoms with van der Waals surface area (Å²) in [6, 6.07) is 12.1. The summed E-state index contributed by atoms with van der Waals surface area (Å²) in [7, 11) is 0. The second kappa shape index (κ2) is 5.95. The quantitative estimate of drug-likeness (QED) is 0.704. The Labute approximate surface area is 102 Å². The Morgan fingerprint density at radius 2 is 1.06 bits per heavy atom. The highest BCUT2D eigenvalue weighted by molar-refractivity contribution is 5.28. The van der Waals surface area contributed by atoms with Gasteiger partial charge < -0.3 is 10.2 Å². The molecule has 0 spiro atoms. The summed E-state index contributed by atoms with van der Waals surface area (Å²) in [4.78, 5) is 0. The van der Waals surface area contributed by atoms with E-state index in [1.807, 2.05) is 0 Å². The van der Waals surface area contributed by atoms with Gasteiger partial charge in [-0.3, -0.25) is 0 Å². The van der Waals surface area contributed by atoms with Gasteiger partial charge in [-0.1, -0.05) is 30.3 Å². The monoisotopic (exact) mass is 256 g/mol. The summed E-state index contributed by atoms with van der Waals surface area (Å²) in [5, 5.41) is 17.3. The molecule has 2 aromatic rings. The van der Waals surface area contributed by atoms with E-state index in [-0.39, 0.29) is 11.5 Å². The van der Waals surface area contributed by atoms with E-state index in [4.69, 9.17) is 10.2 Å². The maximum absolute atomic E-state index is 11.8. The topological polar surface area (TPSA) is 40.5 Å². The van der Waals surface area contributed by atoms with Crippen molar-refractivity contribution in [3.63, 3.8) is 0 Å². The van der Waals surface area contributed by atoms with Crippen molar-refractivity contribution in [2.75, 3.05) is 0 Å². The first-order valence-corrected chi connectivity index (χ1v) is 5.00. The number of aromatic hydroxyl groups is 2. The van der Waals surface area contributed by atoms with Gasteiger partial charge in [-0.15, -0.1) is 0 Å². The first-order valence-electron chi connectivity index (χ1n) is 5.00. The first-order chi connectivity index (χ1) is 8.39. The predicted molar refractivity (Wildman–Crippen MR) is 61.2 cm³/mol. The normalized spacial score (nSPS) is 10.4. The molecular weight excluding hydrogens is 245 g/mol. The molecule has 0 saturated heterocycles. The van der Waals surface area contributed by atoms with Crippen molar-refractivity contribution in [3.8, 4) is 11.5 Å². The van der Waals surface area contributed by atoms with Gasteiger partial charge in [0.05, 0.1) is 5.56 Å². The molecule has 2 N–H and O–H groups in total. The maximum atomic E-state index is 11.8. The molecule has 0 radical (unpaired) electrons. The standard InChI is InChI=1S/C7H5F3.C6H6O2/c8-7(9,10)6-4-2-1-3-5-6;7-5-1-2-6(8)4-3-5/h1-5H;1-4,7-8H. The largest absolute Gasteiger partial charge is 0.508 e.